The van der Waals surface area contributed by atoms with Crippen molar-refractivity contribution in [3.05, 3.63) is 95.6 Å². The van der Waals surface area contributed by atoms with E-state index >= 15 is 0 Å². The number of pyridine rings is 1. The smallest absolute Gasteiger partial charge is 0.294 e. The first-order chi connectivity index (χ1) is 27.6. The number of ether oxygens (including phenoxy) is 3. The predicted octanol–water partition coefficient (Wildman–Crippen LogP) is 7.13. The molecule has 0 spiro atoms. The van der Waals surface area contributed by atoms with Gasteiger partial charge in [-0.1, -0.05) is 6.07 Å². The molecule has 0 amide bonds. The van der Waals surface area contributed by atoms with Crippen LogP contribution in [0.1, 0.15) is 16.7 Å². The first-order valence-corrected chi connectivity index (χ1v) is 19.8. The summed E-state index contributed by atoms with van der Waals surface area (Å²) in [4.78, 5) is 3.85. The predicted molar refractivity (Wildman–Crippen MR) is 210 cm³/mol. The maximum absolute atomic E-state index is 11.7. The zero-order chi connectivity index (χ0) is 42.0. The lowest BCUT2D eigenvalue weighted by Gasteiger charge is -2.16. The number of hydrogen-bond donors (Lipinski definition) is 6. The van der Waals surface area contributed by atoms with Crippen LogP contribution >= 0.6 is 0 Å². The molecule has 0 saturated heterocycles. The molecule has 302 valence electrons. The Hall–Kier alpha value is -6.54. The Morgan fingerprint density at radius 2 is 1.14 bits per heavy atom. The molecule has 0 atom stereocenters. The highest BCUT2D eigenvalue weighted by atomic mass is 32.2. The van der Waals surface area contributed by atoms with Gasteiger partial charge in [0.1, 0.15) is 59.3 Å². The lowest BCUT2D eigenvalue weighted by molar-refractivity contribution is 0.198. The van der Waals surface area contributed by atoms with Crippen molar-refractivity contribution >= 4 is 66.0 Å². The van der Waals surface area contributed by atoms with Gasteiger partial charge in [0.15, 0.2) is 11.6 Å². The number of benzene rings is 4. The lowest BCUT2D eigenvalue weighted by Crippen LogP contribution is -2.05. The van der Waals surface area contributed by atoms with Crippen LogP contribution in [-0.2, 0) is 20.2 Å². The van der Waals surface area contributed by atoms with E-state index < -0.39 is 20.2 Å². The van der Waals surface area contributed by atoms with Crippen LogP contribution in [0.15, 0.2) is 109 Å². The largest absolute Gasteiger partial charge is 0.494 e. The number of rotatable bonds is 17. The van der Waals surface area contributed by atoms with Crippen molar-refractivity contribution < 1.29 is 50.4 Å². The second kappa shape index (κ2) is 18.6. The molecular formula is C37H36N8O11S2. The first-order valence-electron chi connectivity index (χ1n) is 16.9. The lowest BCUT2D eigenvalue weighted by atomic mass is 10.1. The van der Waals surface area contributed by atoms with Crippen LogP contribution in [0, 0.1) is 25.2 Å². The number of aliphatic hydroxyl groups is 2. The van der Waals surface area contributed by atoms with Crippen molar-refractivity contribution in [3.8, 4) is 23.3 Å². The maximum atomic E-state index is 11.7. The number of azo groups is 2. The standard InChI is InChI=1S/C37H36N8O11S2/c1-22-4-13-32(54-3)29(18-22)42-43-30-19-34(56-17-15-47)31(20-33(30)55-16-14-46)44-45-35-23(2)28(21-38)36(39-24-5-9-26(10-6-24)57(48,49)50)41-37(35)40-25-7-11-27(12-8-25)58(51,52)53/h4-13,18-20,46-47H,14-17H2,1-3H3,(H2,39,40,41)(H,48,49,50)(H,51,52,53). The van der Waals surface area contributed by atoms with Crippen LogP contribution < -0.4 is 24.8 Å². The van der Waals surface area contributed by atoms with E-state index in [1.54, 1.807) is 19.1 Å². The average molecular weight is 833 g/mol. The summed E-state index contributed by atoms with van der Waals surface area (Å²) in [5, 5.41) is 52.9. The molecule has 1 aromatic heterocycles. The highest BCUT2D eigenvalue weighted by Gasteiger charge is 2.20. The molecule has 0 bridgehead atoms. The van der Waals surface area contributed by atoms with Gasteiger partial charge >= 0.3 is 0 Å². The third kappa shape index (κ3) is 10.6. The fourth-order valence-corrected chi connectivity index (χ4v) is 6.11. The average Bonchev–Trinajstić information content (AvgIpc) is 3.18. The molecule has 5 aromatic rings. The summed E-state index contributed by atoms with van der Waals surface area (Å²) >= 11 is 0. The molecular weight excluding hydrogens is 797 g/mol. The molecule has 0 fully saturated rings. The van der Waals surface area contributed by atoms with Gasteiger partial charge in [0.05, 0.1) is 35.7 Å². The summed E-state index contributed by atoms with van der Waals surface area (Å²) in [6.45, 7) is 2.46. The summed E-state index contributed by atoms with van der Waals surface area (Å²) in [7, 11) is -7.48. The summed E-state index contributed by atoms with van der Waals surface area (Å²) in [6.07, 6.45) is 0. The fourth-order valence-electron chi connectivity index (χ4n) is 5.15. The van der Waals surface area contributed by atoms with Crippen LogP contribution in [0.2, 0.25) is 0 Å². The van der Waals surface area contributed by atoms with E-state index in [2.05, 4.69) is 42.1 Å². The van der Waals surface area contributed by atoms with Gasteiger partial charge in [-0.2, -0.15) is 22.1 Å². The highest BCUT2D eigenvalue weighted by Crippen LogP contribution is 2.44. The minimum Gasteiger partial charge on any atom is -0.494 e. The molecule has 4 aromatic carbocycles. The Morgan fingerprint density at radius 1 is 0.672 bits per heavy atom. The van der Waals surface area contributed by atoms with Gasteiger partial charge in [-0.25, -0.2) is 4.98 Å². The van der Waals surface area contributed by atoms with Gasteiger partial charge in [-0.15, -0.1) is 20.5 Å². The van der Waals surface area contributed by atoms with E-state index in [4.69, 9.17) is 14.2 Å². The van der Waals surface area contributed by atoms with Crippen LogP contribution in [0.25, 0.3) is 0 Å². The number of hydrogen-bond acceptors (Lipinski definition) is 17. The molecule has 0 unspecified atom stereocenters. The number of nitriles is 1. The van der Waals surface area contributed by atoms with Gasteiger partial charge in [0, 0.05) is 29.1 Å². The Labute approximate surface area is 332 Å². The molecule has 0 radical (unpaired) electrons. The van der Waals surface area contributed by atoms with Crippen molar-refractivity contribution in [2.24, 2.45) is 20.5 Å². The van der Waals surface area contributed by atoms with Crippen molar-refractivity contribution in [1.82, 2.24) is 4.98 Å². The molecule has 58 heavy (non-hydrogen) atoms. The number of aryl methyl sites for hydroxylation is 1. The SMILES string of the molecule is COc1ccc(C)cc1N=Nc1cc(OCCO)c(N=Nc2c(Nc3ccc(S(=O)(=O)O)cc3)nc(Nc3ccc(S(=O)(=O)O)cc3)c(C#N)c2C)cc1OCCO. The number of nitrogens with one attached hydrogen (secondary N) is 2. The Balaban J connectivity index is 1.64. The zero-order valence-electron chi connectivity index (χ0n) is 31.0. The molecule has 6 N–H and O–H groups in total. The molecule has 19 nitrogen and oxygen atoms in total. The summed E-state index contributed by atoms with van der Waals surface area (Å²) in [5.74, 6) is 0.683. The van der Waals surface area contributed by atoms with Crippen molar-refractivity contribution in [1.29, 1.82) is 5.26 Å². The van der Waals surface area contributed by atoms with Crippen LogP contribution in [0.4, 0.5) is 45.8 Å². The molecule has 0 aliphatic rings. The van der Waals surface area contributed by atoms with Gasteiger partial charge in [-0.05, 0) is 80.1 Å². The summed E-state index contributed by atoms with van der Waals surface area (Å²) < 4.78 is 82.3. The number of methoxy groups -OCH3 is 1. The monoisotopic (exact) mass is 832 g/mol. The molecule has 21 heteroatoms. The summed E-state index contributed by atoms with van der Waals surface area (Å²) in [5.41, 5.74) is 2.44. The first kappa shape index (κ1) is 42.6. The second-order valence-electron chi connectivity index (χ2n) is 12.0. The van der Waals surface area contributed by atoms with E-state index in [9.17, 15) is 41.4 Å². The van der Waals surface area contributed by atoms with E-state index in [1.807, 2.05) is 13.0 Å². The van der Waals surface area contributed by atoms with E-state index in [0.717, 1.165) is 29.8 Å². The van der Waals surface area contributed by atoms with Gasteiger partial charge in [-0.3, -0.25) is 9.11 Å². The van der Waals surface area contributed by atoms with Gasteiger partial charge < -0.3 is 35.1 Å². The molecule has 0 saturated carbocycles. The van der Waals surface area contributed by atoms with E-state index in [1.165, 1.54) is 43.5 Å². The zero-order valence-corrected chi connectivity index (χ0v) is 32.6. The van der Waals surface area contributed by atoms with Crippen LogP contribution in [0.3, 0.4) is 0 Å². The Kier molecular flexibility index (Phi) is 13.7. The van der Waals surface area contributed by atoms with Crippen molar-refractivity contribution in [2.75, 3.05) is 44.2 Å². The molecule has 0 aliphatic heterocycles. The third-order valence-corrected chi connectivity index (χ3v) is 9.69. The van der Waals surface area contributed by atoms with Crippen molar-refractivity contribution in [2.45, 2.75) is 23.6 Å². The molecule has 5 rings (SSSR count). The number of aromatic nitrogens is 1. The summed E-state index contributed by atoms with van der Waals surface area (Å²) in [6, 6.07) is 20.3. The number of nitrogens with zero attached hydrogens (tertiary/aromatic N) is 6. The van der Waals surface area contributed by atoms with Gasteiger partial charge in [0.25, 0.3) is 20.2 Å². The number of anilines is 4. The fraction of sp³-hybridized carbons (Fsp3) is 0.189. The molecule has 0 aliphatic carbocycles. The quantitative estimate of drug-likeness (QED) is 0.0401. The minimum atomic E-state index is -4.50. The van der Waals surface area contributed by atoms with E-state index in [0.29, 0.717) is 17.1 Å². The Bertz CT molecular complexity index is 2620. The van der Waals surface area contributed by atoms with Crippen LogP contribution in [0.5, 0.6) is 17.2 Å². The topological polar surface area (TPSA) is 287 Å². The third-order valence-electron chi connectivity index (χ3n) is 7.95. The number of aliphatic hydroxyl groups excluding tert-OH is 2. The van der Waals surface area contributed by atoms with E-state index in [-0.39, 0.29) is 93.2 Å². The normalized spacial score (nSPS) is 11.8. The second-order valence-corrected chi connectivity index (χ2v) is 14.9. The minimum absolute atomic E-state index is 0.00206. The van der Waals surface area contributed by atoms with Gasteiger partial charge in [0.2, 0.25) is 0 Å². The maximum Gasteiger partial charge on any atom is 0.294 e. The molecule has 1 heterocycles. The van der Waals surface area contributed by atoms with Crippen molar-refractivity contribution in [3.63, 3.8) is 0 Å². The highest BCUT2D eigenvalue weighted by molar-refractivity contribution is 7.86. The Morgan fingerprint density at radius 3 is 1.59 bits per heavy atom. The van der Waals surface area contributed by atoms with Crippen LogP contribution in [-0.4, -0.2) is 74.7 Å².